The van der Waals surface area contributed by atoms with Gasteiger partial charge < -0.3 is 9.67 Å². The predicted molar refractivity (Wildman–Crippen MR) is 66.2 cm³/mol. The van der Waals surface area contributed by atoms with Crippen molar-refractivity contribution in [3.63, 3.8) is 0 Å². The van der Waals surface area contributed by atoms with Crippen molar-refractivity contribution in [1.29, 1.82) is 0 Å². The lowest BCUT2D eigenvalue weighted by Gasteiger charge is -2.07. The molecular weight excluding hydrogens is 252 g/mol. The molecule has 0 bridgehead atoms. The lowest BCUT2D eigenvalue weighted by atomic mass is 10.2. The van der Waals surface area contributed by atoms with Gasteiger partial charge in [0, 0.05) is 17.8 Å². The molecule has 1 N–H and O–H groups in total. The van der Waals surface area contributed by atoms with Crippen LogP contribution in [-0.4, -0.2) is 15.6 Å². The van der Waals surface area contributed by atoms with Crippen LogP contribution in [0, 0.1) is 11.6 Å². The topological polar surface area (TPSA) is 42.2 Å². The minimum Gasteiger partial charge on any atom is -0.477 e. The molecule has 1 aromatic carbocycles. The van der Waals surface area contributed by atoms with E-state index in [1.54, 1.807) is 12.3 Å². The van der Waals surface area contributed by atoms with E-state index < -0.39 is 17.6 Å². The number of hydrogen-bond acceptors (Lipinski definition) is 1. The molecule has 2 aromatic rings. The van der Waals surface area contributed by atoms with Gasteiger partial charge in [-0.15, -0.1) is 0 Å². The Bertz CT molecular complexity index is 620. The summed E-state index contributed by atoms with van der Waals surface area (Å²) < 4.78 is 27.8. The largest absolute Gasteiger partial charge is 0.477 e. The maximum absolute atomic E-state index is 13.6. The zero-order valence-electron chi connectivity index (χ0n) is 10.4. The molecule has 1 aromatic heterocycles. The first-order valence-corrected chi connectivity index (χ1v) is 5.87. The molecule has 0 saturated heterocycles. The van der Waals surface area contributed by atoms with Crippen molar-refractivity contribution in [2.75, 3.05) is 0 Å². The number of rotatable bonds is 4. The molecule has 19 heavy (non-hydrogen) atoms. The molecule has 0 spiro atoms. The quantitative estimate of drug-likeness (QED) is 0.923. The average Bonchev–Trinajstić information content (AvgIpc) is 2.76. The summed E-state index contributed by atoms with van der Waals surface area (Å²) in [6.07, 6.45) is 2.37. The highest BCUT2D eigenvalue weighted by molar-refractivity contribution is 5.86. The second kappa shape index (κ2) is 5.22. The Morgan fingerprint density at radius 1 is 1.32 bits per heavy atom. The number of nitrogens with zero attached hydrogens (tertiary/aromatic N) is 1. The van der Waals surface area contributed by atoms with E-state index in [4.69, 9.17) is 5.11 Å². The summed E-state index contributed by atoms with van der Waals surface area (Å²) in [6, 6.07) is 4.83. The van der Waals surface area contributed by atoms with E-state index >= 15 is 0 Å². The van der Waals surface area contributed by atoms with E-state index in [0.29, 0.717) is 6.42 Å². The van der Waals surface area contributed by atoms with Gasteiger partial charge in [0.25, 0.3) is 0 Å². The molecule has 1 heterocycles. The van der Waals surface area contributed by atoms with Gasteiger partial charge in [0.1, 0.15) is 17.3 Å². The Kier molecular flexibility index (Phi) is 3.64. The van der Waals surface area contributed by atoms with Gasteiger partial charge >= 0.3 is 5.97 Å². The van der Waals surface area contributed by atoms with Gasteiger partial charge in [-0.25, -0.2) is 13.6 Å². The standard InChI is InChI=1S/C14H13F2NO2/c1-2-9-5-13(14(18)19)17(7-9)8-10-3-4-11(15)6-12(10)16/h3-7H,2,8H2,1H3,(H,18,19). The van der Waals surface area contributed by atoms with Gasteiger partial charge in [0.05, 0.1) is 6.54 Å². The van der Waals surface area contributed by atoms with Crippen LogP contribution in [-0.2, 0) is 13.0 Å². The minimum atomic E-state index is -1.07. The fourth-order valence-corrected chi connectivity index (χ4v) is 1.91. The van der Waals surface area contributed by atoms with Crippen LogP contribution in [0.15, 0.2) is 30.5 Å². The number of hydrogen-bond donors (Lipinski definition) is 1. The molecule has 100 valence electrons. The fourth-order valence-electron chi connectivity index (χ4n) is 1.91. The second-order valence-corrected chi connectivity index (χ2v) is 4.26. The number of aromatic carboxylic acids is 1. The van der Waals surface area contributed by atoms with Crippen molar-refractivity contribution >= 4 is 5.97 Å². The maximum Gasteiger partial charge on any atom is 0.352 e. The first-order valence-electron chi connectivity index (χ1n) is 5.87. The average molecular weight is 265 g/mol. The number of aromatic nitrogens is 1. The summed E-state index contributed by atoms with van der Waals surface area (Å²) in [5.74, 6) is -2.40. The molecule has 0 saturated carbocycles. The zero-order chi connectivity index (χ0) is 14.0. The van der Waals surface area contributed by atoms with Crippen molar-refractivity contribution in [1.82, 2.24) is 4.57 Å². The van der Waals surface area contributed by atoms with Crippen LogP contribution in [0.25, 0.3) is 0 Å². The first-order chi connectivity index (χ1) is 9.01. The Balaban J connectivity index is 2.37. The van der Waals surface area contributed by atoms with Gasteiger partial charge in [0.2, 0.25) is 0 Å². The van der Waals surface area contributed by atoms with E-state index in [9.17, 15) is 13.6 Å². The molecule has 0 amide bonds. The number of carbonyl (C=O) groups is 1. The Morgan fingerprint density at radius 2 is 2.05 bits per heavy atom. The van der Waals surface area contributed by atoms with Crippen LogP contribution >= 0.6 is 0 Å². The highest BCUT2D eigenvalue weighted by Gasteiger charge is 2.13. The first kappa shape index (κ1) is 13.3. The molecule has 3 nitrogen and oxygen atoms in total. The second-order valence-electron chi connectivity index (χ2n) is 4.26. The molecule has 0 aliphatic heterocycles. The highest BCUT2D eigenvalue weighted by atomic mass is 19.1. The monoisotopic (exact) mass is 265 g/mol. The zero-order valence-corrected chi connectivity index (χ0v) is 10.4. The summed E-state index contributed by atoms with van der Waals surface area (Å²) in [4.78, 5) is 11.1. The molecular formula is C14H13F2NO2. The highest BCUT2D eigenvalue weighted by Crippen LogP contribution is 2.15. The normalized spacial score (nSPS) is 10.7. The predicted octanol–water partition coefficient (Wildman–Crippen LogP) is 3.08. The number of aryl methyl sites for hydroxylation is 1. The maximum atomic E-state index is 13.6. The van der Waals surface area contributed by atoms with Crippen LogP contribution < -0.4 is 0 Å². The number of carboxylic acids is 1. The van der Waals surface area contributed by atoms with Crippen molar-refractivity contribution in [2.45, 2.75) is 19.9 Å². The smallest absolute Gasteiger partial charge is 0.352 e. The SMILES string of the molecule is CCc1cc(C(=O)O)n(Cc2ccc(F)cc2F)c1. The fraction of sp³-hybridized carbons (Fsp3) is 0.214. The molecule has 0 atom stereocenters. The third-order valence-corrected chi connectivity index (χ3v) is 2.94. The van der Waals surface area contributed by atoms with E-state index in [1.165, 1.54) is 10.6 Å². The summed E-state index contributed by atoms with van der Waals surface area (Å²) in [7, 11) is 0. The van der Waals surface area contributed by atoms with Gasteiger partial charge in [0.15, 0.2) is 0 Å². The van der Waals surface area contributed by atoms with Gasteiger partial charge in [-0.3, -0.25) is 0 Å². The summed E-state index contributed by atoms with van der Waals surface area (Å²) in [6.45, 7) is 1.97. The number of benzene rings is 1. The van der Waals surface area contributed by atoms with Gasteiger partial charge in [-0.1, -0.05) is 13.0 Å². The molecule has 0 fully saturated rings. The molecule has 0 aliphatic rings. The molecule has 0 aliphatic carbocycles. The van der Waals surface area contributed by atoms with Crippen molar-refractivity contribution in [3.8, 4) is 0 Å². The summed E-state index contributed by atoms with van der Waals surface area (Å²) >= 11 is 0. The van der Waals surface area contributed by atoms with E-state index in [1.807, 2.05) is 6.92 Å². The Morgan fingerprint density at radius 3 is 2.63 bits per heavy atom. The number of carboxylic acid groups (broad SMARTS) is 1. The molecule has 2 rings (SSSR count). The number of halogens is 2. The van der Waals surface area contributed by atoms with Crippen LogP contribution in [0.5, 0.6) is 0 Å². The Labute approximate surface area is 109 Å². The minimum absolute atomic E-state index is 0.0632. The summed E-state index contributed by atoms with van der Waals surface area (Å²) in [5.41, 5.74) is 1.21. The third kappa shape index (κ3) is 2.81. The molecule has 0 unspecified atom stereocenters. The third-order valence-electron chi connectivity index (χ3n) is 2.94. The van der Waals surface area contributed by atoms with E-state index in [-0.39, 0.29) is 17.8 Å². The van der Waals surface area contributed by atoms with Crippen LogP contribution in [0.4, 0.5) is 8.78 Å². The van der Waals surface area contributed by atoms with E-state index in [0.717, 1.165) is 17.7 Å². The van der Waals surface area contributed by atoms with Crippen LogP contribution in [0.2, 0.25) is 0 Å². The van der Waals surface area contributed by atoms with Crippen molar-refractivity contribution in [2.24, 2.45) is 0 Å². The molecule has 0 radical (unpaired) electrons. The lowest BCUT2D eigenvalue weighted by Crippen LogP contribution is -2.09. The van der Waals surface area contributed by atoms with Crippen LogP contribution in [0.3, 0.4) is 0 Å². The van der Waals surface area contributed by atoms with Crippen molar-refractivity contribution < 1.29 is 18.7 Å². The lowest BCUT2D eigenvalue weighted by molar-refractivity contribution is 0.0685. The van der Waals surface area contributed by atoms with E-state index in [2.05, 4.69) is 0 Å². The van der Waals surface area contributed by atoms with Gasteiger partial charge in [-0.2, -0.15) is 0 Å². The van der Waals surface area contributed by atoms with Crippen LogP contribution in [0.1, 0.15) is 28.5 Å². The van der Waals surface area contributed by atoms with Crippen molar-refractivity contribution in [3.05, 3.63) is 58.9 Å². The van der Waals surface area contributed by atoms with Gasteiger partial charge in [-0.05, 0) is 24.1 Å². The molecule has 5 heteroatoms. The summed E-state index contributed by atoms with van der Waals surface area (Å²) in [5, 5.41) is 9.09. The Hall–Kier alpha value is -2.17.